The van der Waals surface area contributed by atoms with E-state index in [0.717, 1.165) is 38.5 Å². The summed E-state index contributed by atoms with van der Waals surface area (Å²) in [6.07, 6.45) is 8.30. The van der Waals surface area contributed by atoms with Gasteiger partial charge < -0.3 is 10.0 Å². The fourth-order valence-corrected chi connectivity index (χ4v) is 5.60. The predicted molar refractivity (Wildman–Crippen MR) is 103 cm³/mol. The molecule has 1 heterocycles. The van der Waals surface area contributed by atoms with Crippen LogP contribution in [0.15, 0.2) is 24.3 Å². The number of amides is 1. The van der Waals surface area contributed by atoms with E-state index in [0.29, 0.717) is 12.3 Å². The minimum Gasteiger partial charge on any atom is -0.480 e. The van der Waals surface area contributed by atoms with Gasteiger partial charge in [0.25, 0.3) is 0 Å². The first-order chi connectivity index (χ1) is 13.1. The van der Waals surface area contributed by atoms with E-state index in [2.05, 4.69) is 18.2 Å². The van der Waals surface area contributed by atoms with Gasteiger partial charge in [-0.15, -0.1) is 0 Å². The number of likely N-dealkylation sites (N-methyl/N-ethyl adjacent to an activating group) is 1. The molecule has 0 spiro atoms. The van der Waals surface area contributed by atoms with E-state index in [1.165, 1.54) is 17.5 Å². The lowest BCUT2D eigenvalue weighted by atomic mass is 9.84. The summed E-state index contributed by atoms with van der Waals surface area (Å²) in [7, 11) is 1.89. The molecule has 1 aromatic carbocycles. The molecule has 1 saturated carbocycles. The minimum atomic E-state index is -0.775. The van der Waals surface area contributed by atoms with Gasteiger partial charge in [0.2, 0.25) is 5.91 Å². The molecule has 1 aromatic rings. The lowest BCUT2D eigenvalue weighted by Crippen LogP contribution is -2.48. The molecule has 2 aliphatic carbocycles. The summed E-state index contributed by atoms with van der Waals surface area (Å²) in [5, 5.41) is 9.69. The molecule has 1 saturated heterocycles. The van der Waals surface area contributed by atoms with Gasteiger partial charge in [-0.1, -0.05) is 37.1 Å². The molecule has 4 atom stereocenters. The highest BCUT2D eigenvalue weighted by Crippen LogP contribution is 2.40. The van der Waals surface area contributed by atoms with Crippen LogP contribution in [-0.4, -0.2) is 52.5 Å². The number of rotatable bonds is 4. The van der Waals surface area contributed by atoms with Crippen LogP contribution in [0.2, 0.25) is 0 Å². The zero-order chi connectivity index (χ0) is 19.0. The van der Waals surface area contributed by atoms with E-state index in [1.807, 2.05) is 22.9 Å². The lowest BCUT2D eigenvalue weighted by molar-refractivity contribution is -0.144. The van der Waals surface area contributed by atoms with Crippen molar-refractivity contribution in [1.29, 1.82) is 0 Å². The summed E-state index contributed by atoms with van der Waals surface area (Å²) in [6.45, 7) is 0.229. The number of carbonyl (C=O) groups is 2. The summed E-state index contributed by atoms with van der Waals surface area (Å²) in [5.74, 6) is -0.287. The van der Waals surface area contributed by atoms with Crippen LogP contribution in [-0.2, 0) is 16.0 Å². The molecule has 2 fully saturated rings. The molecule has 3 aliphatic rings. The second-order valence-corrected chi connectivity index (χ2v) is 8.49. The average molecular weight is 370 g/mol. The van der Waals surface area contributed by atoms with Crippen molar-refractivity contribution in [2.45, 2.75) is 69.5 Å². The minimum absolute atomic E-state index is 0.0502. The van der Waals surface area contributed by atoms with Gasteiger partial charge in [-0.05, 0) is 55.6 Å². The fraction of sp³-hybridized carbons (Fsp3) is 0.636. The van der Waals surface area contributed by atoms with Crippen LogP contribution in [0, 0.1) is 5.92 Å². The van der Waals surface area contributed by atoms with Gasteiger partial charge in [0.05, 0.1) is 12.6 Å². The Morgan fingerprint density at radius 1 is 1.15 bits per heavy atom. The molecule has 0 aromatic heterocycles. The van der Waals surface area contributed by atoms with Crippen molar-refractivity contribution >= 4 is 11.9 Å². The van der Waals surface area contributed by atoms with E-state index < -0.39 is 12.0 Å². The monoisotopic (exact) mass is 370 g/mol. The quantitative estimate of drug-likeness (QED) is 0.884. The van der Waals surface area contributed by atoms with Gasteiger partial charge in [0, 0.05) is 13.1 Å². The Kier molecular flexibility index (Phi) is 5.22. The van der Waals surface area contributed by atoms with Crippen LogP contribution in [0.4, 0.5) is 0 Å². The second kappa shape index (κ2) is 7.63. The molecule has 0 radical (unpaired) electrons. The van der Waals surface area contributed by atoms with E-state index in [9.17, 15) is 14.7 Å². The summed E-state index contributed by atoms with van der Waals surface area (Å²) < 4.78 is 0. The van der Waals surface area contributed by atoms with Gasteiger partial charge in [-0.25, -0.2) is 0 Å². The Labute approximate surface area is 161 Å². The molecular formula is C22H30N2O3. The van der Waals surface area contributed by atoms with E-state index in [1.54, 1.807) is 0 Å². The van der Waals surface area contributed by atoms with Crippen LogP contribution in [0.3, 0.4) is 0 Å². The van der Waals surface area contributed by atoms with Crippen LogP contribution in [0.5, 0.6) is 0 Å². The topological polar surface area (TPSA) is 60.9 Å². The molecule has 4 rings (SSSR count). The van der Waals surface area contributed by atoms with Gasteiger partial charge in [-0.2, -0.15) is 0 Å². The first-order valence-corrected chi connectivity index (χ1v) is 10.4. The summed E-state index contributed by atoms with van der Waals surface area (Å²) >= 11 is 0. The number of aliphatic carboxylic acids is 1. The van der Waals surface area contributed by atoms with Crippen molar-refractivity contribution in [2.75, 3.05) is 13.6 Å². The molecule has 146 valence electrons. The largest absolute Gasteiger partial charge is 0.480 e. The van der Waals surface area contributed by atoms with E-state index >= 15 is 0 Å². The van der Waals surface area contributed by atoms with Crippen molar-refractivity contribution in [1.82, 2.24) is 9.80 Å². The zero-order valence-electron chi connectivity index (χ0n) is 16.1. The van der Waals surface area contributed by atoms with Gasteiger partial charge >= 0.3 is 5.97 Å². The number of carboxylic acid groups (broad SMARTS) is 1. The summed E-state index contributed by atoms with van der Waals surface area (Å²) in [5.41, 5.74) is 2.59. The molecule has 1 amide bonds. The first kappa shape index (κ1) is 18.5. The fourth-order valence-electron chi connectivity index (χ4n) is 5.60. The maximum absolute atomic E-state index is 13.1. The van der Waals surface area contributed by atoms with E-state index in [-0.39, 0.29) is 24.5 Å². The van der Waals surface area contributed by atoms with Crippen molar-refractivity contribution in [3.63, 3.8) is 0 Å². The summed E-state index contributed by atoms with van der Waals surface area (Å²) in [4.78, 5) is 28.8. The molecular weight excluding hydrogens is 340 g/mol. The third-order valence-corrected chi connectivity index (χ3v) is 7.02. The van der Waals surface area contributed by atoms with Gasteiger partial charge in [-0.3, -0.25) is 14.5 Å². The number of benzene rings is 1. The first-order valence-electron chi connectivity index (χ1n) is 10.4. The van der Waals surface area contributed by atoms with E-state index in [4.69, 9.17) is 0 Å². The molecule has 5 nitrogen and oxygen atoms in total. The number of carbonyl (C=O) groups excluding carboxylic acids is 1. The third-order valence-electron chi connectivity index (χ3n) is 7.02. The molecule has 1 N–H and O–H groups in total. The Hall–Kier alpha value is -1.88. The molecule has 0 bridgehead atoms. The number of fused-ring (bicyclic) bond motifs is 2. The maximum atomic E-state index is 13.1. The second-order valence-electron chi connectivity index (χ2n) is 8.49. The van der Waals surface area contributed by atoms with Gasteiger partial charge in [0.1, 0.15) is 6.04 Å². The lowest BCUT2D eigenvalue weighted by Gasteiger charge is -2.37. The highest BCUT2D eigenvalue weighted by molar-refractivity contribution is 5.80. The number of carboxylic acids is 1. The standard InChI is InChI=1S/C22H30N2O3/c1-23(19-12-6-9-15-7-2-4-10-17(15)19)21(25)14-24-18-11-5-3-8-16(18)13-20(24)22(26)27/h2,4,7,10,16,18-20H,3,5-6,8-9,11-14H2,1H3,(H,26,27). The highest BCUT2D eigenvalue weighted by atomic mass is 16.4. The SMILES string of the molecule is CN(C(=O)CN1C(C(=O)O)CC2CCCCC21)C1CCCc2ccccc21. The number of likely N-dealkylation sites (tertiary alicyclic amines) is 1. The predicted octanol–water partition coefficient (Wildman–Crippen LogP) is 3.24. The number of hydrogen-bond donors (Lipinski definition) is 1. The normalized spacial score (nSPS) is 30.4. The van der Waals surface area contributed by atoms with Crippen LogP contribution in [0.25, 0.3) is 0 Å². The Balaban J connectivity index is 1.50. The van der Waals surface area contributed by atoms with Crippen LogP contribution < -0.4 is 0 Å². The summed E-state index contributed by atoms with van der Waals surface area (Å²) in [6, 6.07) is 8.26. The van der Waals surface area contributed by atoms with Crippen molar-refractivity contribution in [2.24, 2.45) is 5.92 Å². The van der Waals surface area contributed by atoms with Crippen molar-refractivity contribution in [3.05, 3.63) is 35.4 Å². The van der Waals surface area contributed by atoms with Gasteiger partial charge in [0.15, 0.2) is 0 Å². The Morgan fingerprint density at radius 2 is 1.93 bits per heavy atom. The van der Waals surface area contributed by atoms with Crippen LogP contribution in [0.1, 0.15) is 62.1 Å². The zero-order valence-corrected chi connectivity index (χ0v) is 16.1. The molecule has 27 heavy (non-hydrogen) atoms. The third kappa shape index (κ3) is 3.49. The number of aryl methyl sites for hydroxylation is 1. The molecule has 4 unspecified atom stereocenters. The Bertz CT molecular complexity index is 719. The molecule has 5 heteroatoms. The smallest absolute Gasteiger partial charge is 0.320 e. The van der Waals surface area contributed by atoms with Crippen molar-refractivity contribution in [3.8, 4) is 0 Å². The number of hydrogen-bond acceptors (Lipinski definition) is 3. The molecule has 1 aliphatic heterocycles. The maximum Gasteiger partial charge on any atom is 0.320 e. The Morgan fingerprint density at radius 3 is 2.74 bits per heavy atom. The highest BCUT2D eigenvalue weighted by Gasteiger charge is 2.46. The van der Waals surface area contributed by atoms with Crippen LogP contribution >= 0.6 is 0 Å². The van der Waals surface area contributed by atoms with Crippen molar-refractivity contribution < 1.29 is 14.7 Å². The average Bonchev–Trinajstić information content (AvgIpc) is 3.06. The number of nitrogens with zero attached hydrogens (tertiary/aromatic N) is 2.